The summed E-state index contributed by atoms with van der Waals surface area (Å²) in [5.41, 5.74) is 2.68. The molecule has 0 amide bonds. The molecule has 0 saturated heterocycles. The fraction of sp³-hybridized carbons (Fsp3) is 0.667. The zero-order valence-electron chi connectivity index (χ0n) is 15.3. The van der Waals surface area contributed by atoms with Gasteiger partial charge in [0.05, 0.1) is 13.0 Å². The van der Waals surface area contributed by atoms with Crippen molar-refractivity contribution in [3.63, 3.8) is 0 Å². The Labute approximate surface area is 149 Å². The predicted molar refractivity (Wildman–Crippen MR) is 95.5 cm³/mol. The molecule has 4 heteroatoms. The number of hydrogen-bond acceptors (Lipinski definition) is 3. The van der Waals surface area contributed by atoms with Crippen LogP contribution >= 0.6 is 0 Å². The highest BCUT2D eigenvalue weighted by molar-refractivity contribution is 5.70. The van der Waals surface area contributed by atoms with Gasteiger partial charge in [-0.1, -0.05) is 13.0 Å². The minimum Gasteiger partial charge on any atom is -0.493 e. The topological polar surface area (TPSA) is 55.8 Å². The van der Waals surface area contributed by atoms with Crippen molar-refractivity contribution in [1.29, 1.82) is 0 Å². The Hall–Kier alpha value is -1.71. The fourth-order valence-corrected chi connectivity index (χ4v) is 5.26. The van der Waals surface area contributed by atoms with Crippen molar-refractivity contribution in [2.24, 2.45) is 5.92 Å². The molecule has 0 atom stereocenters. The van der Waals surface area contributed by atoms with Crippen LogP contribution in [0, 0.1) is 5.92 Å². The minimum atomic E-state index is -0.643. The SMILES string of the molecule is COc1ccc(C2(C)CCC(C(=O)O)CC2)c2c1OC1(CCCC1)C2. The summed E-state index contributed by atoms with van der Waals surface area (Å²) in [7, 11) is 1.71. The first-order valence-electron chi connectivity index (χ1n) is 9.59. The van der Waals surface area contributed by atoms with E-state index in [2.05, 4.69) is 13.0 Å². The number of carboxylic acids is 1. The number of hydrogen-bond donors (Lipinski definition) is 1. The van der Waals surface area contributed by atoms with Gasteiger partial charge in [0.1, 0.15) is 5.60 Å². The van der Waals surface area contributed by atoms with Crippen molar-refractivity contribution in [3.8, 4) is 11.5 Å². The Bertz CT molecular complexity index is 679. The molecule has 0 bridgehead atoms. The van der Waals surface area contributed by atoms with Crippen LogP contribution in [0.2, 0.25) is 0 Å². The van der Waals surface area contributed by atoms with Gasteiger partial charge in [0.15, 0.2) is 11.5 Å². The van der Waals surface area contributed by atoms with Crippen LogP contribution in [0.4, 0.5) is 0 Å². The first-order valence-corrected chi connectivity index (χ1v) is 9.59. The number of methoxy groups -OCH3 is 1. The highest BCUT2D eigenvalue weighted by Gasteiger charge is 2.46. The molecule has 3 aliphatic rings. The molecule has 1 spiro atoms. The van der Waals surface area contributed by atoms with Crippen LogP contribution < -0.4 is 9.47 Å². The molecule has 0 radical (unpaired) electrons. The number of aliphatic carboxylic acids is 1. The first kappa shape index (κ1) is 16.7. The molecular formula is C21H28O4. The number of carbonyl (C=O) groups is 1. The lowest BCUT2D eigenvalue weighted by Crippen LogP contribution is -2.33. The fourth-order valence-electron chi connectivity index (χ4n) is 5.26. The van der Waals surface area contributed by atoms with E-state index in [4.69, 9.17) is 9.47 Å². The van der Waals surface area contributed by atoms with E-state index in [1.165, 1.54) is 24.0 Å². The summed E-state index contributed by atoms with van der Waals surface area (Å²) in [6.45, 7) is 2.30. The number of rotatable bonds is 3. The van der Waals surface area contributed by atoms with E-state index in [0.29, 0.717) is 0 Å². The summed E-state index contributed by atoms with van der Waals surface area (Å²) in [4.78, 5) is 11.3. The van der Waals surface area contributed by atoms with E-state index in [1.807, 2.05) is 6.07 Å². The summed E-state index contributed by atoms with van der Waals surface area (Å²) in [6.07, 6.45) is 9.09. The second-order valence-corrected chi connectivity index (χ2v) is 8.47. The summed E-state index contributed by atoms with van der Waals surface area (Å²) in [6, 6.07) is 4.24. The van der Waals surface area contributed by atoms with Gasteiger partial charge in [-0.15, -0.1) is 0 Å². The van der Waals surface area contributed by atoms with Crippen LogP contribution in [-0.4, -0.2) is 23.8 Å². The highest BCUT2D eigenvalue weighted by Crippen LogP contribution is 2.53. The maximum Gasteiger partial charge on any atom is 0.306 e. The zero-order chi connectivity index (χ0) is 17.7. The van der Waals surface area contributed by atoms with E-state index in [0.717, 1.165) is 56.4 Å². The summed E-state index contributed by atoms with van der Waals surface area (Å²) in [5.74, 6) is 0.959. The van der Waals surface area contributed by atoms with Crippen molar-refractivity contribution < 1.29 is 19.4 Å². The van der Waals surface area contributed by atoms with Crippen molar-refractivity contribution in [2.45, 2.75) is 75.7 Å². The van der Waals surface area contributed by atoms with Crippen molar-refractivity contribution in [3.05, 3.63) is 23.3 Å². The van der Waals surface area contributed by atoms with Gasteiger partial charge in [-0.3, -0.25) is 4.79 Å². The Morgan fingerprint density at radius 1 is 1.20 bits per heavy atom. The largest absolute Gasteiger partial charge is 0.493 e. The third kappa shape index (κ3) is 2.70. The summed E-state index contributed by atoms with van der Waals surface area (Å²) < 4.78 is 12.1. The molecule has 2 aliphatic carbocycles. The third-order valence-electron chi connectivity index (χ3n) is 6.87. The molecule has 1 N–H and O–H groups in total. The lowest BCUT2D eigenvalue weighted by Gasteiger charge is -2.37. The van der Waals surface area contributed by atoms with E-state index >= 15 is 0 Å². The predicted octanol–water partition coefficient (Wildman–Crippen LogP) is 4.48. The van der Waals surface area contributed by atoms with Crippen molar-refractivity contribution in [2.75, 3.05) is 7.11 Å². The molecular weight excluding hydrogens is 316 g/mol. The lowest BCUT2D eigenvalue weighted by atomic mass is 9.66. The zero-order valence-corrected chi connectivity index (χ0v) is 15.3. The first-order chi connectivity index (χ1) is 12.0. The summed E-state index contributed by atoms with van der Waals surface area (Å²) >= 11 is 0. The highest BCUT2D eigenvalue weighted by atomic mass is 16.5. The van der Waals surface area contributed by atoms with Crippen LogP contribution in [-0.2, 0) is 16.6 Å². The Morgan fingerprint density at radius 2 is 1.88 bits per heavy atom. The van der Waals surface area contributed by atoms with E-state index < -0.39 is 5.97 Å². The van der Waals surface area contributed by atoms with Gasteiger partial charge in [0.25, 0.3) is 0 Å². The minimum absolute atomic E-state index is 0.0274. The van der Waals surface area contributed by atoms with Crippen LogP contribution in [0.3, 0.4) is 0 Å². The second-order valence-electron chi connectivity index (χ2n) is 8.47. The maximum atomic E-state index is 11.3. The number of benzene rings is 1. The van der Waals surface area contributed by atoms with Gasteiger partial charge < -0.3 is 14.6 Å². The monoisotopic (exact) mass is 344 g/mol. The van der Waals surface area contributed by atoms with E-state index in [1.54, 1.807) is 7.11 Å². The van der Waals surface area contributed by atoms with Crippen molar-refractivity contribution >= 4 is 5.97 Å². The Balaban J connectivity index is 1.68. The van der Waals surface area contributed by atoms with Crippen LogP contribution in [0.5, 0.6) is 11.5 Å². The average Bonchev–Trinajstić information content (AvgIpc) is 3.20. The standard InChI is InChI=1S/C21H28O4/c1-20(11-7-14(8-12-20)19(22)23)16-5-6-17(24-2)18-15(16)13-21(25-18)9-3-4-10-21/h5-6,14H,3-4,7-13H2,1-2H3,(H,22,23). The average molecular weight is 344 g/mol. The van der Waals surface area contributed by atoms with Gasteiger partial charge in [0.2, 0.25) is 0 Å². The molecule has 1 heterocycles. The normalized spacial score (nSPS) is 30.1. The van der Waals surface area contributed by atoms with Gasteiger partial charge in [-0.05, 0) is 68.4 Å². The lowest BCUT2D eigenvalue weighted by molar-refractivity contribution is -0.143. The molecule has 25 heavy (non-hydrogen) atoms. The van der Waals surface area contributed by atoms with E-state index in [9.17, 15) is 9.90 Å². The molecule has 1 aliphatic heterocycles. The van der Waals surface area contributed by atoms with Gasteiger partial charge in [0, 0.05) is 12.0 Å². The van der Waals surface area contributed by atoms with Gasteiger partial charge >= 0.3 is 5.97 Å². The molecule has 136 valence electrons. The van der Waals surface area contributed by atoms with Crippen LogP contribution in [0.25, 0.3) is 0 Å². The van der Waals surface area contributed by atoms with E-state index in [-0.39, 0.29) is 16.9 Å². The van der Waals surface area contributed by atoms with Crippen LogP contribution in [0.1, 0.15) is 69.4 Å². The smallest absolute Gasteiger partial charge is 0.306 e. The molecule has 1 aromatic rings. The molecule has 4 nitrogen and oxygen atoms in total. The quantitative estimate of drug-likeness (QED) is 0.878. The van der Waals surface area contributed by atoms with Gasteiger partial charge in [-0.2, -0.15) is 0 Å². The molecule has 4 rings (SSSR count). The molecule has 1 aromatic carbocycles. The second kappa shape index (κ2) is 5.93. The number of carboxylic acid groups (broad SMARTS) is 1. The third-order valence-corrected chi connectivity index (χ3v) is 6.87. The number of fused-ring (bicyclic) bond motifs is 1. The molecule has 2 fully saturated rings. The Morgan fingerprint density at radius 3 is 2.48 bits per heavy atom. The number of ether oxygens (including phenoxy) is 2. The van der Waals surface area contributed by atoms with Crippen LogP contribution in [0.15, 0.2) is 12.1 Å². The maximum absolute atomic E-state index is 11.3. The molecule has 0 unspecified atom stereocenters. The Kier molecular flexibility index (Phi) is 3.97. The van der Waals surface area contributed by atoms with Crippen molar-refractivity contribution in [1.82, 2.24) is 0 Å². The summed E-state index contributed by atoms with van der Waals surface area (Å²) in [5, 5.41) is 9.31. The molecule has 0 aromatic heterocycles. The van der Waals surface area contributed by atoms with Gasteiger partial charge in [-0.25, -0.2) is 0 Å². The molecule has 2 saturated carbocycles.